The Morgan fingerprint density at radius 3 is 2.50 bits per heavy atom. The minimum Gasteiger partial charge on any atom is -0.122 e. The van der Waals surface area contributed by atoms with Crippen LogP contribution >= 0.6 is 39.1 Å². The molecule has 0 aliphatic heterocycles. The molecule has 0 bridgehead atoms. The fourth-order valence-electron chi connectivity index (χ4n) is 1.13. The van der Waals surface area contributed by atoms with Crippen LogP contribution in [0.15, 0.2) is 22.7 Å². The van der Waals surface area contributed by atoms with Gasteiger partial charge in [-0.2, -0.15) is 0 Å². The highest BCUT2D eigenvalue weighted by atomic mass is 79.9. The second kappa shape index (κ2) is 5.39. The number of alkyl halides is 1. The summed E-state index contributed by atoms with van der Waals surface area (Å²) in [7, 11) is 0. The summed E-state index contributed by atoms with van der Waals surface area (Å²) in [6.07, 6.45) is 0.825. The number of halogens is 3. The minimum absolute atomic E-state index is 0.147. The van der Waals surface area contributed by atoms with Crippen LogP contribution in [0, 0.1) is 5.92 Å². The van der Waals surface area contributed by atoms with Crippen molar-refractivity contribution in [2.24, 2.45) is 5.92 Å². The third kappa shape index (κ3) is 3.45. The van der Waals surface area contributed by atoms with Crippen molar-refractivity contribution in [1.29, 1.82) is 0 Å². The van der Waals surface area contributed by atoms with Gasteiger partial charge in [-0.25, -0.2) is 0 Å². The van der Waals surface area contributed by atoms with Crippen LogP contribution in [-0.4, -0.2) is 5.38 Å². The van der Waals surface area contributed by atoms with Crippen LogP contribution in [0.2, 0.25) is 5.02 Å². The van der Waals surface area contributed by atoms with Crippen molar-refractivity contribution in [3.63, 3.8) is 0 Å². The van der Waals surface area contributed by atoms with Crippen LogP contribution < -0.4 is 0 Å². The molecule has 14 heavy (non-hydrogen) atoms. The molecule has 0 aliphatic carbocycles. The van der Waals surface area contributed by atoms with E-state index < -0.39 is 0 Å². The molecule has 0 aliphatic rings. The maximum absolute atomic E-state index is 6.19. The summed E-state index contributed by atoms with van der Waals surface area (Å²) in [5, 5.41) is 0.930. The number of hydrogen-bond donors (Lipinski definition) is 0. The topological polar surface area (TPSA) is 0 Å². The zero-order chi connectivity index (χ0) is 10.7. The van der Waals surface area contributed by atoms with Crippen LogP contribution in [0.1, 0.15) is 19.4 Å². The Kier molecular flexibility index (Phi) is 4.75. The van der Waals surface area contributed by atoms with Gasteiger partial charge in [0.15, 0.2) is 0 Å². The van der Waals surface area contributed by atoms with Crippen molar-refractivity contribution in [1.82, 2.24) is 0 Å². The summed E-state index contributed by atoms with van der Waals surface area (Å²) in [5.74, 6) is 0.469. The molecule has 0 saturated heterocycles. The van der Waals surface area contributed by atoms with E-state index in [1.807, 2.05) is 18.2 Å². The van der Waals surface area contributed by atoms with Crippen LogP contribution in [0.25, 0.3) is 0 Å². The van der Waals surface area contributed by atoms with Crippen molar-refractivity contribution >= 4 is 39.1 Å². The Bertz CT molecular complexity index is 310. The molecule has 1 atom stereocenters. The summed E-state index contributed by atoms with van der Waals surface area (Å²) in [6, 6.07) is 5.91. The quantitative estimate of drug-likeness (QED) is 0.695. The van der Waals surface area contributed by atoms with E-state index in [0.717, 1.165) is 21.5 Å². The van der Waals surface area contributed by atoms with Crippen molar-refractivity contribution < 1.29 is 0 Å². The van der Waals surface area contributed by atoms with Gasteiger partial charge >= 0.3 is 0 Å². The van der Waals surface area contributed by atoms with Crippen molar-refractivity contribution in [3.05, 3.63) is 33.3 Å². The highest BCUT2D eigenvalue weighted by Gasteiger charge is 2.12. The summed E-state index contributed by atoms with van der Waals surface area (Å²) >= 11 is 15.7. The second-order valence-electron chi connectivity index (χ2n) is 3.70. The Morgan fingerprint density at radius 1 is 1.36 bits per heavy atom. The molecule has 0 nitrogen and oxygen atoms in total. The standard InChI is InChI=1S/C11H13BrCl2/c1-7(2)10(13)5-8-3-4-9(12)6-11(8)14/h3-4,6-7,10H,5H2,1-2H3. The van der Waals surface area contributed by atoms with Gasteiger partial charge in [0.25, 0.3) is 0 Å². The predicted octanol–water partition coefficient (Wildman–Crippen LogP) is 4.91. The van der Waals surface area contributed by atoms with Gasteiger partial charge in [-0.15, -0.1) is 11.6 Å². The molecule has 78 valence electrons. The van der Waals surface area contributed by atoms with Crippen LogP contribution in [-0.2, 0) is 6.42 Å². The lowest BCUT2D eigenvalue weighted by atomic mass is 10.0. The Balaban J connectivity index is 2.77. The highest BCUT2D eigenvalue weighted by molar-refractivity contribution is 9.10. The molecule has 1 aromatic rings. The first-order chi connectivity index (χ1) is 6.50. The molecule has 3 heteroatoms. The molecule has 0 aromatic heterocycles. The average molecular weight is 296 g/mol. The normalized spacial score (nSPS) is 13.3. The van der Waals surface area contributed by atoms with E-state index in [9.17, 15) is 0 Å². The second-order valence-corrected chi connectivity index (χ2v) is 5.58. The van der Waals surface area contributed by atoms with Crippen molar-refractivity contribution in [3.8, 4) is 0 Å². The number of rotatable bonds is 3. The van der Waals surface area contributed by atoms with Crippen LogP contribution in [0.5, 0.6) is 0 Å². The number of hydrogen-bond acceptors (Lipinski definition) is 0. The third-order valence-corrected chi connectivity index (χ3v) is 3.66. The molecule has 0 heterocycles. The molecule has 1 rings (SSSR count). The Morgan fingerprint density at radius 2 is 2.00 bits per heavy atom. The molecule has 0 fully saturated rings. The Hall–Kier alpha value is 0.280. The van der Waals surface area contributed by atoms with Gasteiger partial charge in [-0.05, 0) is 30.0 Å². The molecular formula is C11H13BrCl2. The van der Waals surface area contributed by atoms with E-state index in [1.165, 1.54) is 0 Å². The molecule has 0 saturated carbocycles. The lowest BCUT2D eigenvalue weighted by Crippen LogP contribution is -2.11. The maximum atomic E-state index is 6.19. The first-order valence-electron chi connectivity index (χ1n) is 4.58. The minimum atomic E-state index is 0.147. The van der Waals surface area contributed by atoms with Crippen LogP contribution in [0.3, 0.4) is 0 Å². The first-order valence-corrected chi connectivity index (χ1v) is 6.19. The van der Waals surface area contributed by atoms with Gasteiger partial charge < -0.3 is 0 Å². The van der Waals surface area contributed by atoms with Gasteiger partial charge in [-0.1, -0.05) is 47.4 Å². The summed E-state index contributed by atoms with van der Waals surface area (Å²) in [4.78, 5) is 0. The Labute approximate surface area is 104 Å². The summed E-state index contributed by atoms with van der Waals surface area (Å²) in [5.41, 5.74) is 1.11. The third-order valence-electron chi connectivity index (χ3n) is 2.15. The van der Waals surface area contributed by atoms with Crippen molar-refractivity contribution in [2.75, 3.05) is 0 Å². The number of benzene rings is 1. The average Bonchev–Trinajstić information content (AvgIpc) is 2.09. The van der Waals surface area contributed by atoms with Gasteiger partial charge in [0.1, 0.15) is 0 Å². The SMILES string of the molecule is CC(C)C(Cl)Cc1ccc(Br)cc1Cl. The highest BCUT2D eigenvalue weighted by Crippen LogP contribution is 2.25. The van der Waals surface area contributed by atoms with E-state index in [-0.39, 0.29) is 5.38 Å². The largest absolute Gasteiger partial charge is 0.122 e. The van der Waals surface area contributed by atoms with Crippen molar-refractivity contribution in [2.45, 2.75) is 25.6 Å². The molecule has 0 N–H and O–H groups in total. The van der Waals surface area contributed by atoms with E-state index >= 15 is 0 Å². The molecule has 0 amide bonds. The maximum Gasteiger partial charge on any atom is 0.0449 e. The fraction of sp³-hybridized carbons (Fsp3) is 0.455. The zero-order valence-corrected chi connectivity index (χ0v) is 11.3. The van der Waals surface area contributed by atoms with E-state index in [2.05, 4.69) is 29.8 Å². The smallest absolute Gasteiger partial charge is 0.0449 e. The fourth-order valence-corrected chi connectivity index (χ4v) is 2.05. The first kappa shape index (κ1) is 12.4. The summed E-state index contributed by atoms with van der Waals surface area (Å²) < 4.78 is 1.00. The lowest BCUT2D eigenvalue weighted by Gasteiger charge is -2.14. The monoisotopic (exact) mass is 294 g/mol. The van der Waals surface area contributed by atoms with E-state index in [4.69, 9.17) is 23.2 Å². The van der Waals surface area contributed by atoms with E-state index in [0.29, 0.717) is 5.92 Å². The van der Waals surface area contributed by atoms with Gasteiger partial charge in [-0.3, -0.25) is 0 Å². The van der Waals surface area contributed by atoms with Gasteiger partial charge in [0.2, 0.25) is 0 Å². The molecule has 1 unspecified atom stereocenters. The zero-order valence-electron chi connectivity index (χ0n) is 8.23. The summed E-state index contributed by atoms with van der Waals surface area (Å²) in [6.45, 7) is 4.23. The van der Waals surface area contributed by atoms with Gasteiger partial charge in [0, 0.05) is 14.9 Å². The predicted molar refractivity (Wildman–Crippen MR) is 67.3 cm³/mol. The lowest BCUT2D eigenvalue weighted by molar-refractivity contribution is 0.596. The molecule has 0 radical (unpaired) electrons. The molecular weight excluding hydrogens is 283 g/mol. The molecule has 0 spiro atoms. The van der Waals surface area contributed by atoms with E-state index in [1.54, 1.807) is 0 Å². The molecule has 1 aromatic carbocycles. The van der Waals surface area contributed by atoms with Crippen LogP contribution in [0.4, 0.5) is 0 Å². The van der Waals surface area contributed by atoms with Gasteiger partial charge in [0.05, 0.1) is 0 Å².